The predicted molar refractivity (Wildman–Crippen MR) is 125 cm³/mol. The highest BCUT2D eigenvalue weighted by atomic mass is 19.1. The molecule has 33 heavy (non-hydrogen) atoms. The number of nitrogens with zero attached hydrogens (tertiary/aromatic N) is 4. The summed E-state index contributed by atoms with van der Waals surface area (Å²) in [7, 11) is 0. The van der Waals surface area contributed by atoms with Crippen LogP contribution in [0.2, 0.25) is 0 Å². The SMILES string of the molecule is C/C=C\c1cc(Nc2cc(N3CCOCC3)nc(Oc3ccc4[nH]c(C)cc4c3F)n2)n[nH]1. The van der Waals surface area contributed by atoms with Gasteiger partial charge in [-0.2, -0.15) is 15.1 Å². The van der Waals surface area contributed by atoms with Gasteiger partial charge in [0.05, 0.1) is 18.9 Å². The summed E-state index contributed by atoms with van der Waals surface area (Å²) in [6.07, 6.45) is 3.83. The van der Waals surface area contributed by atoms with Crippen LogP contribution in [0.5, 0.6) is 11.8 Å². The lowest BCUT2D eigenvalue weighted by Crippen LogP contribution is -2.36. The molecule has 9 nitrogen and oxygen atoms in total. The topological polar surface area (TPSA) is 104 Å². The summed E-state index contributed by atoms with van der Waals surface area (Å²) < 4.78 is 26.4. The van der Waals surface area contributed by atoms with Crippen LogP contribution in [-0.2, 0) is 4.74 Å². The Hall–Kier alpha value is -3.92. The van der Waals surface area contributed by atoms with Crippen molar-refractivity contribution < 1.29 is 13.9 Å². The lowest BCUT2D eigenvalue weighted by Gasteiger charge is -2.28. The van der Waals surface area contributed by atoms with Gasteiger partial charge >= 0.3 is 6.01 Å². The molecule has 1 aliphatic heterocycles. The summed E-state index contributed by atoms with van der Waals surface area (Å²) in [6.45, 7) is 6.39. The molecular formula is C23H24FN7O2. The van der Waals surface area contributed by atoms with Gasteiger partial charge in [-0.3, -0.25) is 5.10 Å². The van der Waals surface area contributed by atoms with Crippen molar-refractivity contribution in [2.75, 3.05) is 36.5 Å². The van der Waals surface area contributed by atoms with Gasteiger partial charge in [-0.1, -0.05) is 6.08 Å². The summed E-state index contributed by atoms with van der Waals surface area (Å²) in [5.41, 5.74) is 2.43. The number of anilines is 3. The second-order valence-electron chi connectivity index (χ2n) is 7.72. The number of halogens is 1. The molecule has 1 aromatic carbocycles. The van der Waals surface area contributed by atoms with Gasteiger partial charge in [-0.15, -0.1) is 0 Å². The van der Waals surface area contributed by atoms with E-state index in [1.54, 1.807) is 18.2 Å². The number of benzene rings is 1. The molecule has 1 saturated heterocycles. The quantitative estimate of drug-likeness (QED) is 0.397. The molecule has 170 valence electrons. The molecule has 5 rings (SSSR count). The van der Waals surface area contributed by atoms with E-state index in [1.165, 1.54) is 0 Å². The minimum atomic E-state index is -0.463. The van der Waals surface area contributed by atoms with Gasteiger partial charge in [0, 0.05) is 41.8 Å². The van der Waals surface area contributed by atoms with Crippen molar-refractivity contribution in [3.63, 3.8) is 0 Å². The van der Waals surface area contributed by atoms with Crippen LogP contribution in [0.25, 0.3) is 17.0 Å². The molecule has 0 radical (unpaired) electrons. The Bertz CT molecular complexity index is 1310. The van der Waals surface area contributed by atoms with Gasteiger partial charge in [0.1, 0.15) is 11.6 Å². The van der Waals surface area contributed by atoms with Crippen LogP contribution in [0.4, 0.5) is 21.8 Å². The molecule has 0 spiro atoms. The van der Waals surface area contributed by atoms with E-state index in [0.29, 0.717) is 54.7 Å². The number of aromatic nitrogens is 5. The molecule has 4 heterocycles. The number of rotatable bonds is 6. The molecule has 0 aliphatic carbocycles. The lowest BCUT2D eigenvalue weighted by molar-refractivity contribution is 0.122. The van der Waals surface area contributed by atoms with Gasteiger partial charge in [0.2, 0.25) is 0 Å². The first-order chi connectivity index (χ1) is 16.1. The molecule has 4 aromatic rings. The zero-order chi connectivity index (χ0) is 22.8. The fraction of sp³-hybridized carbons (Fsp3) is 0.261. The van der Waals surface area contributed by atoms with Crippen LogP contribution >= 0.6 is 0 Å². The van der Waals surface area contributed by atoms with Crippen molar-refractivity contribution in [2.45, 2.75) is 13.8 Å². The largest absolute Gasteiger partial charge is 0.421 e. The summed E-state index contributed by atoms with van der Waals surface area (Å²) in [5.74, 6) is 1.33. The van der Waals surface area contributed by atoms with Crippen molar-refractivity contribution in [3.05, 3.63) is 53.6 Å². The average molecular weight is 449 g/mol. The van der Waals surface area contributed by atoms with E-state index in [4.69, 9.17) is 9.47 Å². The van der Waals surface area contributed by atoms with Gasteiger partial charge in [0.15, 0.2) is 17.4 Å². The smallest absolute Gasteiger partial charge is 0.326 e. The maximum Gasteiger partial charge on any atom is 0.326 e. The summed E-state index contributed by atoms with van der Waals surface area (Å²) in [5, 5.41) is 10.8. The fourth-order valence-corrected chi connectivity index (χ4v) is 3.74. The van der Waals surface area contributed by atoms with Crippen molar-refractivity contribution >= 4 is 34.4 Å². The van der Waals surface area contributed by atoms with Crippen molar-refractivity contribution in [1.29, 1.82) is 0 Å². The summed E-state index contributed by atoms with van der Waals surface area (Å²) in [4.78, 5) is 14.2. The monoisotopic (exact) mass is 449 g/mol. The Morgan fingerprint density at radius 3 is 2.82 bits per heavy atom. The number of fused-ring (bicyclic) bond motifs is 1. The third kappa shape index (κ3) is 4.51. The van der Waals surface area contributed by atoms with Crippen molar-refractivity contribution in [1.82, 2.24) is 25.1 Å². The fourth-order valence-electron chi connectivity index (χ4n) is 3.74. The minimum Gasteiger partial charge on any atom is -0.421 e. The molecule has 0 unspecified atom stereocenters. The lowest BCUT2D eigenvalue weighted by atomic mass is 10.2. The Kier molecular flexibility index (Phi) is 5.66. The number of aryl methyl sites for hydroxylation is 1. The van der Waals surface area contributed by atoms with Crippen molar-refractivity contribution in [2.24, 2.45) is 0 Å². The van der Waals surface area contributed by atoms with Gasteiger partial charge in [-0.25, -0.2) is 4.39 Å². The molecule has 0 saturated carbocycles. The number of H-pyrrole nitrogens is 2. The molecule has 0 atom stereocenters. The molecule has 3 aromatic heterocycles. The van der Waals surface area contributed by atoms with E-state index in [-0.39, 0.29) is 11.8 Å². The number of hydrogen-bond donors (Lipinski definition) is 3. The highest BCUT2D eigenvalue weighted by Gasteiger charge is 2.18. The van der Waals surface area contributed by atoms with E-state index >= 15 is 4.39 Å². The zero-order valence-corrected chi connectivity index (χ0v) is 18.4. The summed E-state index contributed by atoms with van der Waals surface area (Å²) >= 11 is 0. The van der Waals surface area contributed by atoms with Crippen LogP contribution in [-0.4, -0.2) is 51.5 Å². The van der Waals surface area contributed by atoms with Crippen LogP contribution < -0.4 is 15.0 Å². The van der Waals surface area contributed by atoms with Gasteiger partial charge in [0.25, 0.3) is 0 Å². The van der Waals surface area contributed by atoms with E-state index in [1.807, 2.05) is 38.1 Å². The molecule has 1 fully saturated rings. The second-order valence-corrected chi connectivity index (χ2v) is 7.72. The van der Waals surface area contributed by atoms with Crippen LogP contribution in [0.3, 0.4) is 0 Å². The maximum atomic E-state index is 15.1. The van der Waals surface area contributed by atoms with E-state index in [0.717, 1.165) is 11.4 Å². The molecular weight excluding hydrogens is 425 g/mol. The highest BCUT2D eigenvalue weighted by molar-refractivity contribution is 5.82. The normalized spacial score (nSPS) is 14.3. The van der Waals surface area contributed by atoms with Crippen LogP contribution in [0.1, 0.15) is 18.3 Å². The average Bonchev–Trinajstić information content (AvgIpc) is 3.42. The zero-order valence-electron chi connectivity index (χ0n) is 18.4. The second kappa shape index (κ2) is 8.91. The van der Waals surface area contributed by atoms with Crippen LogP contribution in [0.15, 0.2) is 36.4 Å². The number of hydrogen-bond acceptors (Lipinski definition) is 7. The van der Waals surface area contributed by atoms with Crippen molar-refractivity contribution in [3.8, 4) is 11.8 Å². The molecule has 0 amide bonds. The first-order valence-corrected chi connectivity index (χ1v) is 10.7. The number of morpholine rings is 1. The number of aromatic amines is 2. The summed E-state index contributed by atoms with van der Waals surface area (Å²) in [6, 6.07) is 8.81. The molecule has 10 heteroatoms. The van der Waals surface area contributed by atoms with E-state index in [2.05, 4.69) is 35.4 Å². The molecule has 3 N–H and O–H groups in total. The Morgan fingerprint density at radius 2 is 2.00 bits per heavy atom. The Labute approximate surface area is 189 Å². The Morgan fingerprint density at radius 1 is 1.15 bits per heavy atom. The predicted octanol–water partition coefficient (Wildman–Crippen LogP) is 4.53. The molecule has 0 bridgehead atoms. The Balaban J connectivity index is 1.48. The number of allylic oxidation sites excluding steroid dienone is 1. The standard InChI is InChI=1S/C23H24FN7O2/c1-3-4-15-12-20(30-29-15)26-19-13-21(31-7-9-32-10-8-31)28-23(27-19)33-18-6-5-17-16(22(18)24)11-14(2)25-17/h3-6,11-13,25H,7-10H2,1-2H3,(H2,26,27,28,29,30)/b4-3-. The van der Waals surface area contributed by atoms with E-state index < -0.39 is 5.82 Å². The molecule has 1 aliphatic rings. The number of ether oxygens (including phenoxy) is 2. The highest BCUT2D eigenvalue weighted by Crippen LogP contribution is 2.31. The number of nitrogens with one attached hydrogen (secondary N) is 3. The van der Waals surface area contributed by atoms with Gasteiger partial charge in [-0.05, 0) is 38.1 Å². The van der Waals surface area contributed by atoms with E-state index in [9.17, 15) is 0 Å². The maximum absolute atomic E-state index is 15.1. The van der Waals surface area contributed by atoms with Gasteiger partial charge < -0.3 is 24.7 Å². The minimum absolute atomic E-state index is 0.0382. The third-order valence-electron chi connectivity index (χ3n) is 5.27. The first kappa shape index (κ1) is 21.0. The van der Waals surface area contributed by atoms with Crippen LogP contribution in [0, 0.1) is 12.7 Å². The first-order valence-electron chi connectivity index (χ1n) is 10.7. The third-order valence-corrected chi connectivity index (χ3v) is 5.27.